The van der Waals surface area contributed by atoms with Crippen molar-refractivity contribution in [1.29, 1.82) is 0 Å². The molecule has 0 bridgehead atoms. The van der Waals surface area contributed by atoms with Gasteiger partial charge < -0.3 is 4.57 Å². The summed E-state index contributed by atoms with van der Waals surface area (Å²) in [6, 6.07) is 27.4. The van der Waals surface area contributed by atoms with E-state index in [1.807, 2.05) is 24.3 Å². The van der Waals surface area contributed by atoms with E-state index in [1.54, 1.807) is 0 Å². The van der Waals surface area contributed by atoms with Gasteiger partial charge in [0.2, 0.25) is 0 Å². The third-order valence-corrected chi connectivity index (χ3v) is 3.85. The molecule has 0 aliphatic heterocycles. The smallest absolute Gasteiger partial charge is 0.0372 e. The van der Waals surface area contributed by atoms with Gasteiger partial charge in [-0.25, -0.2) is 11.1 Å². The third kappa shape index (κ3) is 2.25. The van der Waals surface area contributed by atoms with Crippen LogP contribution in [-0.4, -0.2) is 4.57 Å². The van der Waals surface area contributed by atoms with Crippen molar-refractivity contribution < 1.29 is 32.7 Å². The Morgan fingerprint density at radius 1 is 0.810 bits per heavy atom. The van der Waals surface area contributed by atoms with Crippen molar-refractivity contribution in [3.63, 3.8) is 0 Å². The van der Waals surface area contributed by atoms with E-state index in [9.17, 15) is 0 Å². The van der Waals surface area contributed by atoms with E-state index in [1.165, 1.54) is 21.8 Å². The van der Waals surface area contributed by atoms with E-state index in [4.69, 9.17) is 0 Å². The average molecular weight is 344 g/mol. The van der Waals surface area contributed by atoms with Gasteiger partial charge in [0.15, 0.2) is 0 Å². The van der Waals surface area contributed by atoms with Crippen LogP contribution < -0.4 is 0 Å². The molecule has 0 amide bonds. The molecular formula is C19H13NY-2. The fourth-order valence-corrected chi connectivity index (χ4v) is 2.91. The summed E-state index contributed by atoms with van der Waals surface area (Å²) < 4.78 is 2.24. The first-order valence-electron chi connectivity index (χ1n) is 6.71. The van der Waals surface area contributed by atoms with Crippen molar-refractivity contribution in [2.45, 2.75) is 0 Å². The van der Waals surface area contributed by atoms with Gasteiger partial charge in [0.1, 0.15) is 0 Å². The first-order chi connectivity index (χ1) is 9.86. The molecule has 0 spiro atoms. The van der Waals surface area contributed by atoms with Crippen LogP contribution in [0.5, 0.6) is 0 Å². The number of fused-ring (bicyclic) bond motifs is 3. The van der Waals surface area contributed by atoms with Crippen LogP contribution in [-0.2, 0) is 39.8 Å². The molecule has 1 radical (unpaired) electrons. The number of hydrogen-bond acceptors (Lipinski definition) is 0. The van der Waals surface area contributed by atoms with Gasteiger partial charge >= 0.3 is 0 Å². The zero-order valence-corrected chi connectivity index (χ0v) is 14.6. The minimum atomic E-state index is 0. The second-order valence-electron chi connectivity index (χ2n) is 4.97. The molecule has 0 saturated carbocycles. The summed E-state index contributed by atoms with van der Waals surface area (Å²) in [7, 11) is 2.11. The Hall–Kier alpha value is -1.44. The van der Waals surface area contributed by atoms with E-state index in [-0.39, 0.29) is 32.7 Å². The van der Waals surface area contributed by atoms with Crippen LogP contribution in [0.2, 0.25) is 0 Å². The Labute approximate surface area is 149 Å². The summed E-state index contributed by atoms with van der Waals surface area (Å²) in [5.41, 5.74) is 4.70. The van der Waals surface area contributed by atoms with Crippen molar-refractivity contribution in [2.24, 2.45) is 7.05 Å². The van der Waals surface area contributed by atoms with Gasteiger partial charge in [0.25, 0.3) is 0 Å². The quantitative estimate of drug-likeness (QED) is 0.445. The van der Waals surface area contributed by atoms with Gasteiger partial charge in [-0.2, -0.15) is 36.4 Å². The summed E-state index contributed by atoms with van der Waals surface area (Å²) >= 11 is 0. The zero-order chi connectivity index (χ0) is 13.5. The maximum Gasteiger partial charge on any atom is 0.0372 e. The molecule has 1 aromatic heterocycles. The number of benzene rings is 3. The number of para-hydroxylation sites is 1. The third-order valence-electron chi connectivity index (χ3n) is 3.85. The van der Waals surface area contributed by atoms with Gasteiger partial charge in [-0.1, -0.05) is 18.2 Å². The standard InChI is InChI=1S/C19H13N.Y/c1-20-17-12-6-5-10-16(17)19-15(11-7-13-18(19)20)14-8-3-2-4-9-14;/h2-8,10,12-13H,1H3;/q-2;. The molecule has 4 rings (SSSR count). The van der Waals surface area contributed by atoms with Crippen LogP contribution in [0.3, 0.4) is 0 Å². The predicted octanol–water partition coefficient (Wildman–Crippen LogP) is 4.60. The van der Waals surface area contributed by atoms with Crippen LogP contribution in [0.15, 0.2) is 60.7 Å². The van der Waals surface area contributed by atoms with Crippen LogP contribution in [0.25, 0.3) is 32.9 Å². The Morgan fingerprint density at radius 3 is 2.43 bits per heavy atom. The fourth-order valence-electron chi connectivity index (χ4n) is 2.91. The van der Waals surface area contributed by atoms with Crippen molar-refractivity contribution in [1.82, 2.24) is 4.57 Å². The number of rotatable bonds is 1. The molecule has 0 fully saturated rings. The van der Waals surface area contributed by atoms with E-state index < -0.39 is 0 Å². The largest absolute Gasteiger partial charge is 0.362 e. The molecule has 1 nitrogen and oxygen atoms in total. The summed E-state index contributed by atoms with van der Waals surface area (Å²) in [5.74, 6) is 0. The van der Waals surface area contributed by atoms with E-state index >= 15 is 0 Å². The fraction of sp³-hybridized carbons (Fsp3) is 0.0526. The van der Waals surface area contributed by atoms with Crippen LogP contribution in [0.4, 0.5) is 0 Å². The van der Waals surface area contributed by atoms with E-state index in [0.29, 0.717) is 0 Å². The Balaban J connectivity index is 0.00000132. The molecule has 0 unspecified atom stereocenters. The maximum absolute atomic E-state index is 3.39. The maximum atomic E-state index is 3.39. The molecule has 1 heterocycles. The summed E-state index contributed by atoms with van der Waals surface area (Å²) in [6.45, 7) is 0. The van der Waals surface area contributed by atoms with Gasteiger partial charge in [0.05, 0.1) is 0 Å². The summed E-state index contributed by atoms with van der Waals surface area (Å²) in [5, 5.41) is 2.53. The number of aryl methyl sites for hydroxylation is 1. The van der Waals surface area contributed by atoms with Gasteiger partial charge in [-0.3, -0.25) is 0 Å². The topological polar surface area (TPSA) is 4.93 Å². The second-order valence-corrected chi connectivity index (χ2v) is 4.97. The Morgan fingerprint density at radius 2 is 1.62 bits per heavy atom. The molecule has 21 heavy (non-hydrogen) atoms. The molecule has 2 heteroatoms. The number of nitrogens with zero attached hydrogens (tertiary/aromatic N) is 1. The van der Waals surface area contributed by atoms with Crippen molar-refractivity contribution in [3.05, 3.63) is 72.8 Å². The molecule has 0 aliphatic carbocycles. The monoisotopic (exact) mass is 344 g/mol. The van der Waals surface area contributed by atoms with Crippen LogP contribution in [0, 0.1) is 12.1 Å². The first-order valence-corrected chi connectivity index (χ1v) is 6.71. The number of aromatic nitrogens is 1. The first kappa shape index (κ1) is 14.5. The normalized spacial score (nSPS) is 10.7. The minimum absolute atomic E-state index is 0. The zero-order valence-electron chi connectivity index (χ0n) is 11.8. The van der Waals surface area contributed by atoms with Crippen molar-refractivity contribution >= 4 is 21.8 Å². The van der Waals surface area contributed by atoms with E-state index in [2.05, 4.69) is 60.1 Å². The van der Waals surface area contributed by atoms with Crippen molar-refractivity contribution in [3.8, 4) is 11.1 Å². The van der Waals surface area contributed by atoms with Crippen molar-refractivity contribution in [2.75, 3.05) is 0 Å². The molecule has 4 aromatic rings. The molecule has 0 saturated heterocycles. The Kier molecular flexibility index (Phi) is 3.97. The van der Waals surface area contributed by atoms with E-state index in [0.717, 1.165) is 11.1 Å². The molecule has 99 valence electrons. The van der Waals surface area contributed by atoms with Gasteiger partial charge in [0, 0.05) is 45.3 Å². The summed E-state index contributed by atoms with van der Waals surface area (Å²) in [4.78, 5) is 0. The van der Waals surface area contributed by atoms with Gasteiger partial charge in [-0.05, 0) is 17.0 Å². The molecular weight excluding hydrogens is 331 g/mol. The van der Waals surface area contributed by atoms with Gasteiger partial charge in [-0.15, -0.1) is 17.5 Å². The minimum Gasteiger partial charge on any atom is -0.362 e. The molecule has 0 atom stereocenters. The Bertz CT molecular complexity index is 907. The SMILES string of the molecule is Cn1c2ccccc2c2c(-c3[c-]cccc3)[c-]ccc21.[Y]. The molecule has 0 N–H and O–H groups in total. The van der Waals surface area contributed by atoms with Crippen LogP contribution in [0.1, 0.15) is 0 Å². The molecule has 0 aliphatic rings. The predicted molar refractivity (Wildman–Crippen MR) is 83.5 cm³/mol. The molecule has 3 aromatic carbocycles. The van der Waals surface area contributed by atoms with Crippen LogP contribution >= 0.6 is 0 Å². The summed E-state index contributed by atoms with van der Waals surface area (Å²) in [6.07, 6.45) is 0. The average Bonchev–Trinajstić information content (AvgIpc) is 2.82. The second kappa shape index (κ2) is 5.75. The number of hydrogen-bond donors (Lipinski definition) is 0.